The van der Waals surface area contributed by atoms with E-state index in [1.54, 1.807) is 31.6 Å². The zero-order valence-electron chi connectivity index (χ0n) is 13.5. The molecule has 2 amide bonds. The Hall–Kier alpha value is -2.90. The number of hydrogen-bond donors (Lipinski definition) is 3. The van der Waals surface area contributed by atoms with E-state index in [4.69, 9.17) is 4.74 Å². The Morgan fingerprint density at radius 1 is 1.33 bits per heavy atom. The molecule has 24 heavy (non-hydrogen) atoms. The van der Waals surface area contributed by atoms with Crippen LogP contribution in [0.4, 0.5) is 15.0 Å². The van der Waals surface area contributed by atoms with Gasteiger partial charge in [-0.05, 0) is 24.6 Å². The number of amides is 2. The molecular formula is C16H20FN5O2. The molecule has 0 spiro atoms. The van der Waals surface area contributed by atoms with Crippen LogP contribution in [0.2, 0.25) is 0 Å². The lowest BCUT2D eigenvalue weighted by Crippen LogP contribution is -2.39. The number of urea groups is 1. The Morgan fingerprint density at radius 3 is 2.83 bits per heavy atom. The number of benzene rings is 1. The van der Waals surface area contributed by atoms with Gasteiger partial charge in [0.25, 0.3) is 0 Å². The summed E-state index contributed by atoms with van der Waals surface area (Å²) in [5.74, 6) is 0.351. The van der Waals surface area contributed by atoms with E-state index in [2.05, 4.69) is 25.9 Å². The predicted octanol–water partition coefficient (Wildman–Crippen LogP) is 2.10. The summed E-state index contributed by atoms with van der Waals surface area (Å²) in [7, 11) is 1.41. The average Bonchev–Trinajstić information content (AvgIpc) is 2.59. The highest BCUT2D eigenvalue weighted by Crippen LogP contribution is 2.21. The van der Waals surface area contributed by atoms with Crippen molar-refractivity contribution in [3.05, 3.63) is 48.2 Å². The normalized spacial score (nSPS) is 11.5. The summed E-state index contributed by atoms with van der Waals surface area (Å²) >= 11 is 0. The van der Waals surface area contributed by atoms with Gasteiger partial charge in [-0.3, -0.25) is 4.98 Å². The quantitative estimate of drug-likeness (QED) is 0.675. The Bertz CT molecular complexity index is 669. The molecule has 0 fully saturated rings. The minimum absolute atomic E-state index is 0.172. The van der Waals surface area contributed by atoms with Crippen LogP contribution in [0.15, 0.2) is 36.8 Å². The summed E-state index contributed by atoms with van der Waals surface area (Å²) in [6.07, 6.45) is 4.76. The van der Waals surface area contributed by atoms with Crippen molar-refractivity contribution in [1.29, 1.82) is 0 Å². The molecule has 1 heterocycles. The molecule has 1 aromatic heterocycles. The molecule has 0 aliphatic heterocycles. The number of nitrogens with one attached hydrogen (secondary N) is 3. The van der Waals surface area contributed by atoms with Crippen LogP contribution in [-0.2, 0) is 0 Å². The number of aromatic nitrogens is 2. The number of carbonyl (C=O) groups is 1. The number of ether oxygens (including phenoxy) is 1. The first-order valence-electron chi connectivity index (χ1n) is 7.48. The molecule has 0 unspecified atom stereocenters. The van der Waals surface area contributed by atoms with E-state index in [0.29, 0.717) is 24.5 Å². The van der Waals surface area contributed by atoms with Crippen molar-refractivity contribution < 1.29 is 13.9 Å². The van der Waals surface area contributed by atoms with Crippen molar-refractivity contribution >= 4 is 11.8 Å². The van der Waals surface area contributed by atoms with Crippen LogP contribution in [0.25, 0.3) is 0 Å². The standard InChI is InChI=1S/C16H20FN5O2/c1-11(12-3-4-14(24-2)13(17)9-12)22-16(23)21-8-7-20-15-10-18-5-6-19-15/h3-6,9-11H,7-8H2,1-2H3,(H,19,20)(H2,21,22,23)/t11-/m1/s1. The van der Waals surface area contributed by atoms with Gasteiger partial charge < -0.3 is 20.7 Å². The fourth-order valence-corrected chi connectivity index (χ4v) is 2.04. The molecule has 0 bridgehead atoms. The fourth-order valence-electron chi connectivity index (χ4n) is 2.04. The zero-order valence-corrected chi connectivity index (χ0v) is 13.5. The second kappa shape index (κ2) is 8.66. The van der Waals surface area contributed by atoms with E-state index in [0.717, 1.165) is 0 Å². The summed E-state index contributed by atoms with van der Waals surface area (Å²) in [6, 6.07) is 3.92. The van der Waals surface area contributed by atoms with Crippen molar-refractivity contribution in [1.82, 2.24) is 20.6 Å². The molecule has 7 nitrogen and oxygen atoms in total. The zero-order chi connectivity index (χ0) is 17.4. The molecule has 0 aliphatic carbocycles. The van der Waals surface area contributed by atoms with Gasteiger partial charge in [0.05, 0.1) is 19.3 Å². The summed E-state index contributed by atoms with van der Waals surface area (Å²) in [4.78, 5) is 19.8. The highest BCUT2D eigenvalue weighted by Gasteiger charge is 2.11. The van der Waals surface area contributed by atoms with Crippen LogP contribution in [0, 0.1) is 5.82 Å². The van der Waals surface area contributed by atoms with Crippen LogP contribution in [0.3, 0.4) is 0 Å². The van der Waals surface area contributed by atoms with Gasteiger partial charge in [-0.15, -0.1) is 0 Å². The lowest BCUT2D eigenvalue weighted by atomic mass is 10.1. The van der Waals surface area contributed by atoms with E-state index < -0.39 is 5.82 Å². The SMILES string of the molecule is COc1ccc([C@@H](C)NC(=O)NCCNc2cnccn2)cc1F. The largest absolute Gasteiger partial charge is 0.494 e. The molecule has 0 saturated heterocycles. The highest BCUT2D eigenvalue weighted by atomic mass is 19.1. The van der Waals surface area contributed by atoms with Crippen LogP contribution >= 0.6 is 0 Å². The molecule has 128 valence electrons. The highest BCUT2D eigenvalue weighted by molar-refractivity contribution is 5.74. The third-order valence-electron chi connectivity index (χ3n) is 3.30. The molecule has 1 atom stereocenters. The van der Waals surface area contributed by atoms with Gasteiger partial charge in [-0.1, -0.05) is 6.07 Å². The average molecular weight is 333 g/mol. The Balaban J connectivity index is 1.74. The summed E-state index contributed by atoms with van der Waals surface area (Å²) in [5, 5.41) is 8.48. The molecule has 3 N–H and O–H groups in total. The van der Waals surface area contributed by atoms with Crippen LogP contribution in [-0.4, -0.2) is 36.2 Å². The maximum atomic E-state index is 13.7. The maximum absolute atomic E-state index is 13.7. The summed E-state index contributed by atoms with van der Waals surface area (Å²) in [5.41, 5.74) is 0.654. The molecule has 2 aromatic rings. The van der Waals surface area contributed by atoms with Gasteiger partial charge in [0, 0.05) is 25.5 Å². The van der Waals surface area contributed by atoms with Crippen molar-refractivity contribution in [2.75, 3.05) is 25.5 Å². The third kappa shape index (κ3) is 5.08. The van der Waals surface area contributed by atoms with Gasteiger partial charge in [0.1, 0.15) is 5.82 Å². The van der Waals surface area contributed by atoms with E-state index in [-0.39, 0.29) is 17.8 Å². The molecule has 2 rings (SSSR count). The Morgan fingerprint density at radius 2 is 2.17 bits per heavy atom. The number of hydrogen-bond acceptors (Lipinski definition) is 5. The van der Waals surface area contributed by atoms with Crippen LogP contribution in [0.5, 0.6) is 5.75 Å². The van der Waals surface area contributed by atoms with Crippen molar-refractivity contribution in [2.24, 2.45) is 0 Å². The van der Waals surface area contributed by atoms with Crippen molar-refractivity contribution in [3.63, 3.8) is 0 Å². The molecule has 0 aliphatic rings. The van der Waals surface area contributed by atoms with Crippen LogP contribution in [0.1, 0.15) is 18.5 Å². The number of rotatable bonds is 7. The smallest absolute Gasteiger partial charge is 0.315 e. The maximum Gasteiger partial charge on any atom is 0.315 e. The number of halogens is 1. The van der Waals surface area contributed by atoms with Gasteiger partial charge >= 0.3 is 6.03 Å². The molecule has 0 saturated carbocycles. The Kier molecular flexibility index (Phi) is 6.30. The summed E-state index contributed by atoms with van der Waals surface area (Å²) < 4.78 is 18.6. The Labute approximate surface area is 139 Å². The molecular weight excluding hydrogens is 313 g/mol. The topological polar surface area (TPSA) is 88.2 Å². The van der Waals surface area contributed by atoms with Crippen molar-refractivity contribution in [2.45, 2.75) is 13.0 Å². The third-order valence-corrected chi connectivity index (χ3v) is 3.30. The van der Waals surface area contributed by atoms with E-state index in [1.807, 2.05) is 0 Å². The molecule has 1 aromatic carbocycles. The van der Waals surface area contributed by atoms with E-state index in [9.17, 15) is 9.18 Å². The van der Waals surface area contributed by atoms with Crippen LogP contribution < -0.4 is 20.7 Å². The van der Waals surface area contributed by atoms with E-state index in [1.165, 1.54) is 19.2 Å². The monoisotopic (exact) mass is 333 g/mol. The minimum atomic E-state index is -0.461. The first kappa shape index (κ1) is 17.5. The number of methoxy groups -OCH3 is 1. The molecule has 0 radical (unpaired) electrons. The summed E-state index contributed by atoms with van der Waals surface area (Å²) in [6.45, 7) is 2.70. The first-order chi connectivity index (χ1) is 11.6. The lowest BCUT2D eigenvalue weighted by Gasteiger charge is -2.16. The van der Waals surface area contributed by atoms with Gasteiger partial charge in [0.15, 0.2) is 11.6 Å². The molecule has 8 heteroatoms. The number of carbonyl (C=O) groups excluding carboxylic acids is 1. The number of nitrogens with zero attached hydrogens (tertiary/aromatic N) is 2. The fraction of sp³-hybridized carbons (Fsp3) is 0.312. The predicted molar refractivity (Wildman–Crippen MR) is 88.4 cm³/mol. The van der Waals surface area contributed by atoms with Gasteiger partial charge in [0.2, 0.25) is 0 Å². The second-order valence-electron chi connectivity index (χ2n) is 5.03. The van der Waals surface area contributed by atoms with Gasteiger partial charge in [-0.25, -0.2) is 14.2 Å². The van der Waals surface area contributed by atoms with Gasteiger partial charge in [-0.2, -0.15) is 0 Å². The van der Waals surface area contributed by atoms with Crippen molar-refractivity contribution in [3.8, 4) is 5.75 Å². The lowest BCUT2D eigenvalue weighted by molar-refractivity contribution is 0.238. The first-order valence-corrected chi connectivity index (χ1v) is 7.48. The minimum Gasteiger partial charge on any atom is -0.494 e. The second-order valence-corrected chi connectivity index (χ2v) is 5.03. The number of anilines is 1. The van der Waals surface area contributed by atoms with E-state index >= 15 is 0 Å².